The van der Waals surface area contributed by atoms with Crippen LogP contribution in [0.2, 0.25) is 0 Å². The van der Waals surface area contributed by atoms with E-state index in [2.05, 4.69) is 20.8 Å². The molecule has 0 spiro atoms. The molecule has 2 N–H and O–H groups in total. The number of benzene rings is 1. The first kappa shape index (κ1) is 22.9. The molecule has 1 aromatic carbocycles. The number of rotatable bonds is 9. The monoisotopic (exact) mass is 470 g/mol. The predicted molar refractivity (Wildman–Crippen MR) is 113 cm³/mol. The van der Waals surface area contributed by atoms with Gasteiger partial charge in [0.2, 0.25) is 16.9 Å². The molecule has 11 nitrogen and oxygen atoms in total. The van der Waals surface area contributed by atoms with Crippen LogP contribution in [0, 0.1) is 0 Å². The second-order valence-electron chi connectivity index (χ2n) is 6.65. The van der Waals surface area contributed by atoms with E-state index in [9.17, 15) is 18.0 Å². The molecule has 1 unspecified atom stereocenters. The Bertz CT molecular complexity index is 1050. The fourth-order valence-corrected chi connectivity index (χ4v) is 4.79. The lowest BCUT2D eigenvalue weighted by Crippen LogP contribution is -2.30. The Kier molecular flexibility index (Phi) is 7.41. The highest BCUT2D eigenvalue weighted by Crippen LogP contribution is 2.32. The van der Waals surface area contributed by atoms with Crippen molar-refractivity contribution in [3.05, 3.63) is 23.2 Å². The summed E-state index contributed by atoms with van der Waals surface area (Å²) in [5, 5.41) is 13.5. The van der Waals surface area contributed by atoms with E-state index in [-0.39, 0.29) is 11.2 Å². The lowest BCUT2D eigenvalue weighted by Gasteiger charge is -2.10. The molecule has 0 bridgehead atoms. The highest BCUT2D eigenvalue weighted by Gasteiger charge is 2.24. The van der Waals surface area contributed by atoms with Crippen molar-refractivity contribution >= 4 is 43.8 Å². The van der Waals surface area contributed by atoms with Gasteiger partial charge in [-0.1, -0.05) is 11.3 Å². The minimum atomic E-state index is -4.01. The second-order valence-corrected chi connectivity index (χ2v) is 9.72. The Balaban J connectivity index is 1.53. The number of hydrogen-bond acceptors (Lipinski definition) is 10. The van der Waals surface area contributed by atoms with Crippen molar-refractivity contribution in [3.63, 3.8) is 0 Å². The highest BCUT2D eigenvalue weighted by molar-refractivity contribution is 7.92. The first-order chi connectivity index (χ1) is 14.8. The minimum absolute atomic E-state index is 0.146. The standard InChI is InChI=1S/C18H22N4O7S2/c1-27-12-6-5-11(8-14(12)28-2)19-15(23)9-31(25,26)10-16(24)20-18-22-21-17(30-18)13-4-3-7-29-13/h5-6,8,13H,3-4,7,9-10H2,1-2H3,(H,19,23)(H,20,22,24). The molecule has 0 aliphatic carbocycles. The fraction of sp³-hybridized carbons (Fsp3) is 0.444. The zero-order valence-electron chi connectivity index (χ0n) is 16.9. The fourth-order valence-electron chi connectivity index (χ4n) is 2.90. The topological polar surface area (TPSA) is 146 Å². The van der Waals surface area contributed by atoms with Gasteiger partial charge in [0, 0.05) is 18.4 Å². The van der Waals surface area contributed by atoms with Gasteiger partial charge in [0.25, 0.3) is 0 Å². The molecule has 1 aliphatic rings. The molecule has 13 heteroatoms. The van der Waals surface area contributed by atoms with E-state index >= 15 is 0 Å². The zero-order valence-corrected chi connectivity index (χ0v) is 18.5. The van der Waals surface area contributed by atoms with Gasteiger partial charge in [-0.2, -0.15) is 0 Å². The molecular formula is C18H22N4O7S2. The van der Waals surface area contributed by atoms with Gasteiger partial charge >= 0.3 is 0 Å². The number of sulfone groups is 1. The summed E-state index contributed by atoms with van der Waals surface area (Å²) in [4.78, 5) is 24.3. The SMILES string of the molecule is COc1ccc(NC(=O)CS(=O)(=O)CC(=O)Nc2nnc(C3CCCO3)s2)cc1OC. The van der Waals surface area contributed by atoms with Crippen LogP contribution in [0.25, 0.3) is 0 Å². The molecule has 0 saturated carbocycles. The molecule has 2 heterocycles. The van der Waals surface area contributed by atoms with Gasteiger partial charge in [-0.25, -0.2) is 8.42 Å². The number of nitrogens with one attached hydrogen (secondary N) is 2. The Morgan fingerprint density at radius 1 is 1.13 bits per heavy atom. The van der Waals surface area contributed by atoms with Crippen LogP contribution in [0.1, 0.15) is 24.0 Å². The number of carbonyl (C=O) groups excluding carboxylic acids is 2. The number of ether oxygens (including phenoxy) is 3. The predicted octanol–water partition coefficient (Wildman–Crippen LogP) is 1.40. The molecule has 2 amide bonds. The van der Waals surface area contributed by atoms with Crippen molar-refractivity contribution in [2.75, 3.05) is 43.0 Å². The molecule has 2 aromatic rings. The van der Waals surface area contributed by atoms with Crippen LogP contribution >= 0.6 is 11.3 Å². The Labute approximate surface area is 183 Å². The number of anilines is 2. The molecule has 1 aromatic heterocycles. The quantitative estimate of drug-likeness (QED) is 0.555. The van der Waals surface area contributed by atoms with E-state index < -0.39 is 33.2 Å². The molecule has 1 saturated heterocycles. The molecule has 1 atom stereocenters. The van der Waals surface area contributed by atoms with Crippen LogP contribution in [-0.4, -0.2) is 62.8 Å². The molecular weight excluding hydrogens is 448 g/mol. The summed E-state index contributed by atoms with van der Waals surface area (Å²) in [6.45, 7) is 0.648. The number of hydrogen-bond donors (Lipinski definition) is 2. The molecule has 1 aliphatic heterocycles. The summed E-state index contributed by atoms with van der Waals surface area (Å²) in [6, 6.07) is 4.61. The molecule has 31 heavy (non-hydrogen) atoms. The van der Waals surface area contributed by atoms with Crippen LogP contribution in [0.4, 0.5) is 10.8 Å². The van der Waals surface area contributed by atoms with Crippen molar-refractivity contribution in [2.45, 2.75) is 18.9 Å². The van der Waals surface area contributed by atoms with Crippen LogP contribution in [0.5, 0.6) is 11.5 Å². The maximum Gasteiger partial charge on any atom is 0.241 e. The van der Waals surface area contributed by atoms with E-state index in [0.717, 1.165) is 24.2 Å². The first-order valence-corrected chi connectivity index (χ1v) is 11.9. The summed E-state index contributed by atoms with van der Waals surface area (Å²) in [7, 11) is -1.10. The molecule has 1 fully saturated rings. The molecule has 168 valence electrons. The van der Waals surface area contributed by atoms with Crippen LogP contribution < -0.4 is 20.1 Å². The molecule has 3 rings (SSSR count). The van der Waals surface area contributed by atoms with Crippen molar-refractivity contribution in [1.82, 2.24) is 10.2 Å². The van der Waals surface area contributed by atoms with E-state index in [1.165, 1.54) is 20.3 Å². The average molecular weight is 471 g/mol. The van der Waals surface area contributed by atoms with Crippen LogP contribution in [0.3, 0.4) is 0 Å². The van der Waals surface area contributed by atoms with E-state index in [1.807, 2.05) is 0 Å². The number of amides is 2. The third kappa shape index (κ3) is 6.35. The van der Waals surface area contributed by atoms with Crippen molar-refractivity contribution < 1.29 is 32.2 Å². The van der Waals surface area contributed by atoms with Gasteiger partial charge < -0.3 is 19.5 Å². The Morgan fingerprint density at radius 2 is 1.84 bits per heavy atom. The van der Waals surface area contributed by atoms with Gasteiger partial charge in [0.15, 0.2) is 21.3 Å². The lowest BCUT2D eigenvalue weighted by molar-refractivity contribution is -0.114. The largest absolute Gasteiger partial charge is 0.493 e. The van der Waals surface area contributed by atoms with Gasteiger partial charge in [-0.3, -0.25) is 14.9 Å². The highest BCUT2D eigenvalue weighted by atomic mass is 32.2. The van der Waals surface area contributed by atoms with E-state index in [4.69, 9.17) is 14.2 Å². The zero-order chi connectivity index (χ0) is 22.4. The summed E-state index contributed by atoms with van der Waals surface area (Å²) in [6.07, 6.45) is 1.61. The number of aromatic nitrogens is 2. The van der Waals surface area contributed by atoms with Gasteiger partial charge in [0.1, 0.15) is 22.6 Å². The van der Waals surface area contributed by atoms with E-state index in [0.29, 0.717) is 28.8 Å². The van der Waals surface area contributed by atoms with Crippen LogP contribution in [0.15, 0.2) is 18.2 Å². The number of methoxy groups -OCH3 is 2. The van der Waals surface area contributed by atoms with Crippen molar-refractivity contribution in [3.8, 4) is 11.5 Å². The molecule has 0 radical (unpaired) electrons. The summed E-state index contributed by atoms with van der Waals surface area (Å²) in [5.74, 6) is -2.45. The first-order valence-electron chi connectivity index (χ1n) is 9.27. The average Bonchev–Trinajstić information content (AvgIpc) is 3.38. The van der Waals surface area contributed by atoms with Crippen molar-refractivity contribution in [2.24, 2.45) is 0 Å². The van der Waals surface area contributed by atoms with E-state index in [1.54, 1.807) is 12.1 Å². The lowest BCUT2D eigenvalue weighted by atomic mass is 10.2. The summed E-state index contributed by atoms with van der Waals surface area (Å²) >= 11 is 1.13. The Hall–Kier alpha value is -2.77. The summed E-state index contributed by atoms with van der Waals surface area (Å²) < 4.78 is 40.2. The van der Waals surface area contributed by atoms with Gasteiger partial charge in [-0.15, -0.1) is 10.2 Å². The number of nitrogens with zero attached hydrogens (tertiary/aromatic N) is 2. The summed E-state index contributed by atoms with van der Waals surface area (Å²) in [5.41, 5.74) is 0.331. The third-order valence-corrected chi connectivity index (χ3v) is 6.60. The van der Waals surface area contributed by atoms with Crippen molar-refractivity contribution in [1.29, 1.82) is 0 Å². The third-order valence-electron chi connectivity index (χ3n) is 4.26. The maximum atomic E-state index is 12.3. The Morgan fingerprint density at radius 3 is 2.48 bits per heavy atom. The van der Waals surface area contributed by atoms with Gasteiger partial charge in [0.05, 0.1) is 14.2 Å². The normalized spacial score (nSPS) is 16.0. The minimum Gasteiger partial charge on any atom is -0.493 e. The van der Waals surface area contributed by atoms with Gasteiger partial charge in [-0.05, 0) is 25.0 Å². The van der Waals surface area contributed by atoms with Crippen LogP contribution in [-0.2, 0) is 24.2 Å². The second kappa shape index (κ2) is 10.0. The maximum absolute atomic E-state index is 12.3. The number of carbonyl (C=O) groups is 2. The smallest absolute Gasteiger partial charge is 0.241 e.